The van der Waals surface area contributed by atoms with Crippen LogP contribution in [0.3, 0.4) is 0 Å². The van der Waals surface area contributed by atoms with E-state index in [0.717, 1.165) is 6.07 Å². The quantitative estimate of drug-likeness (QED) is 0.792. The summed E-state index contributed by atoms with van der Waals surface area (Å²) in [6, 6.07) is 2.36. The van der Waals surface area contributed by atoms with E-state index in [0.29, 0.717) is 18.4 Å². The van der Waals surface area contributed by atoms with Crippen LogP contribution in [0.25, 0.3) is 0 Å². The van der Waals surface area contributed by atoms with Crippen LogP contribution in [-0.2, 0) is 6.42 Å². The molecule has 0 unspecified atom stereocenters. The lowest BCUT2D eigenvalue weighted by molar-refractivity contribution is 0.288. The molecule has 0 amide bonds. The van der Waals surface area contributed by atoms with Crippen molar-refractivity contribution in [3.63, 3.8) is 0 Å². The predicted octanol–water partition coefficient (Wildman–Crippen LogP) is 2.11. The first kappa shape index (κ1) is 10.3. The summed E-state index contributed by atoms with van der Waals surface area (Å²) < 4.78 is 12.7. The molecule has 0 spiro atoms. The van der Waals surface area contributed by atoms with Crippen molar-refractivity contribution in [3.05, 3.63) is 28.5 Å². The van der Waals surface area contributed by atoms with Crippen molar-refractivity contribution in [2.45, 2.75) is 12.8 Å². The van der Waals surface area contributed by atoms with Crippen molar-refractivity contribution >= 4 is 11.6 Å². The number of phenolic OH excluding ortho intramolecular Hbond substituents is 1. The lowest BCUT2D eigenvalue weighted by Crippen LogP contribution is -1.91. The Balaban J connectivity index is 2.88. The van der Waals surface area contributed by atoms with E-state index in [1.54, 1.807) is 0 Å². The molecular formula is C9H10ClFO2. The zero-order valence-corrected chi connectivity index (χ0v) is 7.68. The highest BCUT2D eigenvalue weighted by atomic mass is 35.5. The molecule has 1 aromatic carbocycles. The highest BCUT2D eigenvalue weighted by Crippen LogP contribution is 2.25. The van der Waals surface area contributed by atoms with Gasteiger partial charge in [0.25, 0.3) is 0 Å². The predicted molar refractivity (Wildman–Crippen MR) is 48.5 cm³/mol. The molecular weight excluding hydrogens is 195 g/mol. The van der Waals surface area contributed by atoms with Crippen molar-refractivity contribution in [2.24, 2.45) is 0 Å². The summed E-state index contributed by atoms with van der Waals surface area (Å²) in [5, 5.41) is 17.8. The summed E-state index contributed by atoms with van der Waals surface area (Å²) in [6.45, 7) is 0.0361. The zero-order valence-electron chi connectivity index (χ0n) is 6.93. The van der Waals surface area contributed by atoms with E-state index >= 15 is 0 Å². The number of hydrogen-bond donors (Lipinski definition) is 2. The summed E-state index contributed by atoms with van der Waals surface area (Å²) in [5.74, 6) is -0.748. The second-order valence-corrected chi connectivity index (χ2v) is 3.13. The molecule has 0 saturated carbocycles. The molecule has 0 bridgehead atoms. The summed E-state index contributed by atoms with van der Waals surface area (Å²) >= 11 is 5.52. The Labute approximate surface area is 80.6 Å². The van der Waals surface area contributed by atoms with E-state index in [1.165, 1.54) is 6.07 Å². The normalized spacial score (nSPS) is 10.4. The minimum Gasteiger partial charge on any atom is -0.508 e. The molecule has 4 heteroatoms. The summed E-state index contributed by atoms with van der Waals surface area (Å²) in [6.07, 6.45) is 1.01. The number of benzene rings is 1. The average molecular weight is 205 g/mol. The topological polar surface area (TPSA) is 40.5 Å². The van der Waals surface area contributed by atoms with Crippen LogP contribution in [0, 0.1) is 5.82 Å². The van der Waals surface area contributed by atoms with Gasteiger partial charge in [-0.05, 0) is 24.5 Å². The van der Waals surface area contributed by atoms with Crippen molar-refractivity contribution in [1.82, 2.24) is 0 Å². The van der Waals surface area contributed by atoms with E-state index < -0.39 is 5.82 Å². The molecule has 0 heterocycles. The maximum absolute atomic E-state index is 12.7. The van der Waals surface area contributed by atoms with Crippen molar-refractivity contribution in [1.29, 1.82) is 0 Å². The number of hydrogen-bond acceptors (Lipinski definition) is 2. The number of phenols is 1. The maximum atomic E-state index is 12.7. The van der Waals surface area contributed by atoms with Crippen LogP contribution in [0.4, 0.5) is 4.39 Å². The Bertz CT molecular complexity index is 302. The summed E-state index contributed by atoms with van der Waals surface area (Å²) in [7, 11) is 0. The smallest absolute Gasteiger partial charge is 0.145 e. The molecule has 1 aromatic rings. The molecule has 0 aliphatic rings. The van der Waals surface area contributed by atoms with Crippen LogP contribution in [0.15, 0.2) is 12.1 Å². The number of rotatable bonds is 3. The van der Waals surface area contributed by atoms with Crippen LogP contribution in [0.5, 0.6) is 5.75 Å². The first-order valence-corrected chi connectivity index (χ1v) is 4.30. The lowest BCUT2D eigenvalue weighted by Gasteiger charge is -2.04. The second kappa shape index (κ2) is 4.44. The molecule has 13 heavy (non-hydrogen) atoms. The highest BCUT2D eigenvalue weighted by molar-refractivity contribution is 6.30. The second-order valence-electron chi connectivity index (χ2n) is 2.72. The van der Waals surface area contributed by atoms with Crippen molar-refractivity contribution in [2.75, 3.05) is 6.61 Å². The average Bonchev–Trinajstić information content (AvgIpc) is 2.09. The van der Waals surface area contributed by atoms with Gasteiger partial charge in [0, 0.05) is 12.7 Å². The van der Waals surface area contributed by atoms with E-state index in [2.05, 4.69) is 0 Å². The number of aliphatic hydroxyl groups excluding tert-OH is 1. The molecule has 0 fully saturated rings. The fraction of sp³-hybridized carbons (Fsp3) is 0.333. The van der Waals surface area contributed by atoms with Gasteiger partial charge in [0.1, 0.15) is 11.6 Å². The van der Waals surface area contributed by atoms with Crippen molar-refractivity contribution in [3.8, 4) is 5.75 Å². The Morgan fingerprint density at radius 3 is 2.69 bits per heavy atom. The van der Waals surface area contributed by atoms with Gasteiger partial charge in [-0.25, -0.2) is 4.39 Å². The van der Waals surface area contributed by atoms with Gasteiger partial charge >= 0.3 is 0 Å². The van der Waals surface area contributed by atoms with Crippen LogP contribution in [0.2, 0.25) is 5.02 Å². The fourth-order valence-corrected chi connectivity index (χ4v) is 1.23. The number of aliphatic hydroxyl groups is 1. The van der Waals surface area contributed by atoms with Gasteiger partial charge in [-0.1, -0.05) is 11.6 Å². The molecule has 1 rings (SSSR count). The minimum absolute atomic E-state index is 0.00857. The van der Waals surface area contributed by atoms with Gasteiger partial charge in [0.15, 0.2) is 0 Å². The van der Waals surface area contributed by atoms with E-state index in [4.69, 9.17) is 16.7 Å². The van der Waals surface area contributed by atoms with Crippen LogP contribution < -0.4 is 0 Å². The third-order valence-corrected chi connectivity index (χ3v) is 2.02. The van der Waals surface area contributed by atoms with Gasteiger partial charge < -0.3 is 10.2 Å². The molecule has 2 nitrogen and oxygen atoms in total. The molecule has 72 valence electrons. The van der Waals surface area contributed by atoms with Gasteiger partial charge in [-0.2, -0.15) is 0 Å². The molecule has 2 N–H and O–H groups in total. The van der Waals surface area contributed by atoms with Gasteiger partial charge in [-0.15, -0.1) is 0 Å². The van der Waals surface area contributed by atoms with E-state index in [9.17, 15) is 9.50 Å². The first-order valence-electron chi connectivity index (χ1n) is 3.93. The lowest BCUT2D eigenvalue weighted by atomic mass is 10.1. The standard InChI is InChI=1S/C9H10ClFO2/c10-7-4-6(2-1-3-12)9(13)5-8(7)11/h4-5,12-13H,1-3H2. The monoisotopic (exact) mass is 204 g/mol. The van der Waals surface area contributed by atoms with E-state index in [-0.39, 0.29) is 17.4 Å². The van der Waals surface area contributed by atoms with Crippen LogP contribution in [0.1, 0.15) is 12.0 Å². The molecule has 0 aromatic heterocycles. The Morgan fingerprint density at radius 1 is 1.38 bits per heavy atom. The molecule has 0 aliphatic heterocycles. The third-order valence-electron chi connectivity index (χ3n) is 1.73. The molecule has 0 radical (unpaired) electrons. The Kier molecular flexibility index (Phi) is 3.51. The minimum atomic E-state index is -0.632. The number of aryl methyl sites for hydroxylation is 1. The Morgan fingerprint density at radius 2 is 2.08 bits per heavy atom. The van der Waals surface area contributed by atoms with E-state index in [1.807, 2.05) is 0 Å². The van der Waals surface area contributed by atoms with Crippen LogP contribution >= 0.6 is 11.6 Å². The maximum Gasteiger partial charge on any atom is 0.145 e. The summed E-state index contributed by atoms with van der Waals surface area (Å²) in [4.78, 5) is 0. The highest BCUT2D eigenvalue weighted by Gasteiger charge is 2.06. The number of halogens is 2. The molecule has 0 aliphatic carbocycles. The Hall–Kier alpha value is -0.800. The van der Waals surface area contributed by atoms with Gasteiger partial charge in [0.2, 0.25) is 0 Å². The third kappa shape index (κ3) is 2.57. The zero-order chi connectivity index (χ0) is 9.84. The SMILES string of the molecule is OCCCc1cc(Cl)c(F)cc1O. The fourth-order valence-electron chi connectivity index (χ4n) is 1.05. The van der Waals surface area contributed by atoms with Gasteiger partial charge in [0.05, 0.1) is 5.02 Å². The van der Waals surface area contributed by atoms with Crippen molar-refractivity contribution < 1.29 is 14.6 Å². The number of aromatic hydroxyl groups is 1. The van der Waals surface area contributed by atoms with Crippen LogP contribution in [-0.4, -0.2) is 16.8 Å². The first-order chi connectivity index (χ1) is 6.15. The summed E-state index contributed by atoms with van der Waals surface area (Å²) in [5.41, 5.74) is 0.556. The molecule has 0 atom stereocenters. The van der Waals surface area contributed by atoms with Gasteiger partial charge in [-0.3, -0.25) is 0 Å². The largest absolute Gasteiger partial charge is 0.508 e. The molecule has 0 saturated heterocycles.